The molecule has 25 heavy (non-hydrogen) atoms. The summed E-state index contributed by atoms with van der Waals surface area (Å²) in [5.41, 5.74) is 0.758. The molecule has 1 aromatic heterocycles. The van der Waals surface area contributed by atoms with Crippen molar-refractivity contribution in [2.75, 3.05) is 7.11 Å². The van der Waals surface area contributed by atoms with E-state index in [1.54, 1.807) is 36.4 Å². The number of phenolic OH excluding ortho intramolecular Hbond substituents is 1. The van der Waals surface area contributed by atoms with E-state index in [0.717, 1.165) is 0 Å². The zero-order chi connectivity index (χ0) is 17.6. The van der Waals surface area contributed by atoms with Crippen molar-refractivity contribution >= 4 is 16.9 Å². The van der Waals surface area contributed by atoms with Crippen LogP contribution in [0.5, 0.6) is 11.5 Å². The molecule has 0 amide bonds. The van der Waals surface area contributed by atoms with Gasteiger partial charge in [-0.3, -0.25) is 0 Å². The van der Waals surface area contributed by atoms with Gasteiger partial charge in [0, 0.05) is 0 Å². The second-order valence-electron chi connectivity index (χ2n) is 5.76. The van der Waals surface area contributed by atoms with Crippen LogP contribution in [0.25, 0.3) is 11.0 Å². The molecule has 0 saturated heterocycles. The van der Waals surface area contributed by atoms with Crippen LogP contribution in [0.1, 0.15) is 17.0 Å². The second kappa shape index (κ2) is 5.66. The zero-order valence-electron chi connectivity index (χ0n) is 13.3. The number of fused-ring (bicyclic) bond motifs is 3. The summed E-state index contributed by atoms with van der Waals surface area (Å²) in [6.45, 7) is 0. The van der Waals surface area contributed by atoms with Gasteiger partial charge in [0.1, 0.15) is 17.1 Å². The normalized spacial score (nSPS) is 18.6. The van der Waals surface area contributed by atoms with Crippen LogP contribution in [0, 0.1) is 0 Å². The Morgan fingerprint density at radius 2 is 1.84 bits per heavy atom. The van der Waals surface area contributed by atoms with Gasteiger partial charge in [-0.05, 0) is 29.8 Å². The Labute approximate surface area is 142 Å². The average Bonchev–Trinajstić information content (AvgIpc) is 3.03. The lowest BCUT2D eigenvalue weighted by molar-refractivity contribution is -0.148. The van der Waals surface area contributed by atoms with Gasteiger partial charge in [-0.25, -0.2) is 9.59 Å². The topological polar surface area (TPSA) is 86.0 Å². The number of ether oxygens (including phenoxy) is 2. The van der Waals surface area contributed by atoms with Crippen molar-refractivity contribution < 1.29 is 23.8 Å². The molecular weight excluding hydrogens is 324 g/mol. The van der Waals surface area contributed by atoms with Crippen LogP contribution in [-0.4, -0.2) is 24.3 Å². The zero-order valence-corrected chi connectivity index (χ0v) is 13.3. The van der Waals surface area contributed by atoms with Crippen molar-refractivity contribution in [3.8, 4) is 11.5 Å². The predicted molar refractivity (Wildman–Crippen MR) is 88.9 cm³/mol. The summed E-state index contributed by atoms with van der Waals surface area (Å²) in [4.78, 5) is 24.8. The van der Waals surface area contributed by atoms with E-state index in [1.807, 2.05) is 0 Å². The quantitative estimate of drug-likeness (QED) is 0.571. The molecule has 1 N–H and O–H groups in total. The Balaban J connectivity index is 1.98. The van der Waals surface area contributed by atoms with Gasteiger partial charge in [-0.2, -0.15) is 0 Å². The van der Waals surface area contributed by atoms with Crippen molar-refractivity contribution in [2.24, 2.45) is 0 Å². The lowest BCUT2D eigenvalue weighted by atomic mass is 9.88. The fourth-order valence-electron chi connectivity index (χ4n) is 3.20. The van der Waals surface area contributed by atoms with E-state index < -0.39 is 23.6 Å². The predicted octanol–water partition coefficient (Wildman–Crippen LogP) is 2.56. The molecule has 0 unspecified atom stereocenters. The van der Waals surface area contributed by atoms with E-state index in [4.69, 9.17) is 13.9 Å². The molecule has 0 spiro atoms. The minimum absolute atomic E-state index is 0.0862. The molecule has 2 heterocycles. The van der Waals surface area contributed by atoms with E-state index in [9.17, 15) is 14.7 Å². The lowest BCUT2D eigenvalue weighted by Crippen LogP contribution is -2.31. The van der Waals surface area contributed by atoms with Crippen LogP contribution in [0.2, 0.25) is 0 Å². The Morgan fingerprint density at radius 1 is 1.12 bits per heavy atom. The molecular formula is C19H14O6. The fourth-order valence-corrected chi connectivity index (χ4v) is 3.20. The van der Waals surface area contributed by atoms with E-state index in [-0.39, 0.29) is 11.3 Å². The van der Waals surface area contributed by atoms with Crippen LogP contribution in [-0.2, 0) is 9.53 Å². The summed E-state index contributed by atoms with van der Waals surface area (Å²) in [7, 11) is 1.27. The number of hydrogen-bond donors (Lipinski definition) is 1. The Kier molecular flexibility index (Phi) is 3.46. The highest BCUT2D eigenvalue weighted by atomic mass is 16.6. The van der Waals surface area contributed by atoms with Crippen molar-refractivity contribution in [2.45, 2.75) is 12.0 Å². The first-order valence-electron chi connectivity index (χ1n) is 7.69. The Hall–Kier alpha value is -3.28. The molecule has 126 valence electrons. The van der Waals surface area contributed by atoms with Crippen molar-refractivity contribution in [3.63, 3.8) is 0 Å². The molecule has 6 heteroatoms. The first-order valence-corrected chi connectivity index (χ1v) is 7.69. The minimum atomic E-state index is -1.00. The molecule has 0 aliphatic carbocycles. The smallest absolute Gasteiger partial charge is 0.348 e. The fraction of sp³-hybridized carbons (Fsp3) is 0.158. The number of carbonyl (C=O) groups is 1. The summed E-state index contributed by atoms with van der Waals surface area (Å²) in [6, 6.07) is 13.3. The highest BCUT2D eigenvalue weighted by molar-refractivity contribution is 5.88. The third-order valence-electron chi connectivity index (χ3n) is 4.34. The Morgan fingerprint density at radius 3 is 2.56 bits per heavy atom. The SMILES string of the molecule is COC(=O)[C@@H]1Oc2c(c(=O)oc3ccccc23)[C@@H]1c1ccc(O)cc1. The number of esters is 1. The van der Waals surface area contributed by atoms with E-state index >= 15 is 0 Å². The molecule has 2 atom stereocenters. The van der Waals surface area contributed by atoms with Crippen molar-refractivity contribution in [3.05, 3.63) is 70.1 Å². The van der Waals surface area contributed by atoms with Crippen LogP contribution < -0.4 is 10.4 Å². The summed E-state index contributed by atoms with van der Waals surface area (Å²) in [6.07, 6.45) is -1.00. The average molecular weight is 338 g/mol. The highest BCUT2D eigenvalue weighted by Crippen LogP contribution is 2.44. The summed E-state index contributed by atoms with van der Waals surface area (Å²) < 4.78 is 16.1. The van der Waals surface area contributed by atoms with Crippen molar-refractivity contribution in [1.82, 2.24) is 0 Å². The first-order chi connectivity index (χ1) is 12.1. The van der Waals surface area contributed by atoms with Gasteiger partial charge >= 0.3 is 11.6 Å². The second-order valence-corrected chi connectivity index (χ2v) is 5.76. The molecule has 0 saturated carbocycles. The number of hydrogen-bond acceptors (Lipinski definition) is 6. The third-order valence-corrected chi connectivity index (χ3v) is 4.34. The first kappa shape index (κ1) is 15.3. The largest absolute Gasteiger partial charge is 0.508 e. The number of para-hydroxylation sites is 1. The maximum Gasteiger partial charge on any atom is 0.348 e. The van der Waals surface area contributed by atoms with E-state index in [2.05, 4.69) is 0 Å². The number of rotatable bonds is 2. The molecule has 4 rings (SSSR count). The standard InChI is InChI=1S/C19H14O6/c1-23-19(22)17-14(10-6-8-11(20)9-7-10)15-16(25-17)12-4-2-3-5-13(12)24-18(15)21/h2-9,14,17,20H,1H3/t14-,17+/m0/s1. The monoisotopic (exact) mass is 338 g/mol. The van der Waals surface area contributed by atoms with Gasteiger partial charge in [0.05, 0.1) is 24.0 Å². The third kappa shape index (κ3) is 2.34. The van der Waals surface area contributed by atoms with Gasteiger partial charge in [0.25, 0.3) is 0 Å². The van der Waals surface area contributed by atoms with Gasteiger partial charge in [-0.1, -0.05) is 24.3 Å². The van der Waals surface area contributed by atoms with Crippen LogP contribution in [0.4, 0.5) is 0 Å². The minimum Gasteiger partial charge on any atom is -0.508 e. The van der Waals surface area contributed by atoms with Gasteiger partial charge < -0.3 is 19.0 Å². The lowest BCUT2D eigenvalue weighted by Gasteiger charge is -2.16. The molecule has 6 nitrogen and oxygen atoms in total. The summed E-state index contributed by atoms with van der Waals surface area (Å²) >= 11 is 0. The molecule has 2 aromatic carbocycles. The van der Waals surface area contributed by atoms with E-state index in [0.29, 0.717) is 22.3 Å². The van der Waals surface area contributed by atoms with E-state index in [1.165, 1.54) is 19.2 Å². The summed E-state index contributed by atoms with van der Waals surface area (Å²) in [5.74, 6) is -0.843. The number of aromatic hydroxyl groups is 1. The molecule has 0 bridgehead atoms. The number of benzene rings is 2. The highest BCUT2D eigenvalue weighted by Gasteiger charge is 2.44. The summed E-state index contributed by atoms with van der Waals surface area (Å²) in [5, 5.41) is 10.1. The maximum atomic E-state index is 12.6. The molecule has 0 fully saturated rings. The van der Waals surface area contributed by atoms with Gasteiger partial charge in [-0.15, -0.1) is 0 Å². The Bertz CT molecular complexity index is 1020. The van der Waals surface area contributed by atoms with Gasteiger partial charge in [0.2, 0.25) is 6.10 Å². The van der Waals surface area contributed by atoms with Crippen LogP contribution in [0.15, 0.2) is 57.7 Å². The molecule has 1 aliphatic heterocycles. The number of methoxy groups -OCH3 is 1. The van der Waals surface area contributed by atoms with Crippen LogP contribution in [0.3, 0.4) is 0 Å². The molecule has 3 aromatic rings. The van der Waals surface area contributed by atoms with Gasteiger partial charge in [0.15, 0.2) is 0 Å². The molecule has 0 radical (unpaired) electrons. The van der Waals surface area contributed by atoms with Crippen molar-refractivity contribution in [1.29, 1.82) is 0 Å². The molecule has 1 aliphatic rings. The number of carbonyl (C=O) groups excluding carboxylic acids is 1. The maximum absolute atomic E-state index is 12.6. The van der Waals surface area contributed by atoms with Crippen LogP contribution >= 0.6 is 0 Å². The number of phenols is 1.